The minimum Gasteiger partial charge on any atom is -0.344 e. The van der Waals surface area contributed by atoms with Crippen molar-refractivity contribution in [3.05, 3.63) is 0 Å². The molecule has 0 aliphatic heterocycles. The van der Waals surface area contributed by atoms with E-state index >= 15 is 0 Å². The van der Waals surface area contributed by atoms with Crippen LogP contribution >= 0.6 is 7.82 Å². The van der Waals surface area contributed by atoms with Crippen LogP contribution in [0.1, 0.15) is 78.6 Å². The molecule has 0 bridgehead atoms. The third-order valence-corrected chi connectivity index (χ3v) is 4.49. The molecular formula is C15H36NO4P. The first-order chi connectivity index (χ1) is 9.68. The number of hydrogen-bond donors (Lipinski definition) is 1. The minimum absolute atomic E-state index is 0. The molecule has 0 heterocycles. The van der Waals surface area contributed by atoms with Crippen LogP contribution in [0.3, 0.4) is 0 Å². The third kappa shape index (κ3) is 14.8. The van der Waals surface area contributed by atoms with Gasteiger partial charge in [-0.25, -0.2) is 4.57 Å². The van der Waals surface area contributed by atoms with Crippen molar-refractivity contribution in [3.8, 4) is 0 Å². The molecule has 5 nitrogen and oxygen atoms in total. The summed E-state index contributed by atoms with van der Waals surface area (Å²) in [6.07, 6.45) is 9.27. The molecule has 130 valence electrons. The number of phosphoric ester groups is 1. The molecule has 0 aliphatic rings. The summed E-state index contributed by atoms with van der Waals surface area (Å²) in [7, 11) is -3.34. The van der Waals surface area contributed by atoms with Crippen LogP contribution in [0.5, 0.6) is 0 Å². The summed E-state index contributed by atoms with van der Waals surface area (Å²) in [6.45, 7) is 7.73. The monoisotopic (exact) mass is 325 g/mol. The van der Waals surface area contributed by atoms with Gasteiger partial charge < -0.3 is 6.15 Å². The quantitative estimate of drug-likeness (QED) is 0.300. The molecule has 21 heavy (non-hydrogen) atoms. The number of phosphoric acid groups is 1. The zero-order valence-corrected chi connectivity index (χ0v) is 15.2. The normalized spacial score (nSPS) is 11.4. The summed E-state index contributed by atoms with van der Waals surface area (Å²) < 4.78 is 28.6. The fraction of sp³-hybridized carbons (Fsp3) is 1.00. The first kappa shape index (κ1) is 23.3. The Morgan fingerprint density at radius 2 is 0.905 bits per heavy atom. The second kappa shape index (κ2) is 16.4. The van der Waals surface area contributed by atoms with Crippen molar-refractivity contribution >= 4 is 7.82 Å². The van der Waals surface area contributed by atoms with Gasteiger partial charge in [0.1, 0.15) is 0 Å². The molecule has 0 atom stereocenters. The van der Waals surface area contributed by atoms with Crippen LogP contribution in [0.25, 0.3) is 0 Å². The molecule has 3 N–H and O–H groups in total. The Morgan fingerprint density at radius 3 is 1.14 bits per heavy atom. The fourth-order valence-electron chi connectivity index (χ4n) is 1.70. The predicted molar refractivity (Wildman–Crippen MR) is 89.1 cm³/mol. The van der Waals surface area contributed by atoms with E-state index < -0.39 is 7.82 Å². The highest BCUT2D eigenvalue weighted by molar-refractivity contribution is 7.48. The van der Waals surface area contributed by atoms with Crippen molar-refractivity contribution in [2.75, 3.05) is 19.8 Å². The lowest BCUT2D eigenvalue weighted by Gasteiger charge is -2.18. The number of rotatable bonds is 15. The Morgan fingerprint density at radius 1 is 0.619 bits per heavy atom. The summed E-state index contributed by atoms with van der Waals surface area (Å²) >= 11 is 0. The lowest BCUT2D eigenvalue weighted by atomic mass is 10.3. The average molecular weight is 325 g/mol. The average Bonchev–Trinajstić information content (AvgIpc) is 2.45. The van der Waals surface area contributed by atoms with Crippen LogP contribution in [0.4, 0.5) is 0 Å². The van der Waals surface area contributed by atoms with E-state index in [1.54, 1.807) is 0 Å². The predicted octanol–water partition coefficient (Wildman–Crippen LogP) is 5.88. The molecule has 0 aromatic carbocycles. The van der Waals surface area contributed by atoms with Crippen LogP contribution in [-0.4, -0.2) is 19.8 Å². The van der Waals surface area contributed by atoms with E-state index in [9.17, 15) is 4.57 Å². The van der Waals surface area contributed by atoms with Gasteiger partial charge >= 0.3 is 7.82 Å². The van der Waals surface area contributed by atoms with Crippen molar-refractivity contribution in [3.63, 3.8) is 0 Å². The van der Waals surface area contributed by atoms with Gasteiger partial charge in [0.25, 0.3) is 0 Å². The molecule has 0 aromatic heterocycles. The van der Waals surface area contributed by atoms with Gasteiger partial charge in [-0.2, -0.15) is 0 Å². The van der Waals surface area contributed by atoms with Crippen LogP contribution in [0, 0.1) is 0 Å². The van der Waals surface area contributed by atoms with Crippen molar-refractivity contribution in [1.29, 1.82) is 0 Å². The summed E-state index contributed by atoms with van der Waals surface area (Å²) in [5.74, 6) is 0. The molecule has 0 spiro atoms. The Bertz CT molecular complexity index is 214. The van der Waals surface area contributed by atoms with Gasteiger partial charge in [-0.15, -0.1) is 0 Å². The Kier molecular flexibility index (Phi) is 18.3. The number of unbranched alkanes of at least 4 members (excludes halogenated alkanes) is 6. The van der Waals surface area contributed by atoms with E-state index in [0.717, 1.165) is 57.8 Å². The minimum atomic E-state index is -3.34. The van der Waals surface area contributed by atoms with Crippen LogP contribution in [0.15, 0.2) is 0 Å². The molecule has 6 heteroatoms. The highest BCUT2D eigenvalue weighted by Crippen LogP contribution is 2.49. The van der Waals surface area contributed by atoms with E-state index in [1.165, 1.54) is 0 Å². The highest BCUT2D eigenvalue weighted by Gasteiger charge is 2.25. The van der Waals surface area contributed by atoms with E-state index in [0.29, 0.717) is 19.8 Å². The van der Waals surface area contributed by atoms with E-state index in [-0.39, 0.29) is 6.15 Å². The Hall–Kier alpha value is 0.0700. The first-order valence-corrected chi connectivity index (χ1v) is 9.68. The van der Waals surface area contributed by atoms with Crippen molar-refractivity contribution in [2.24, 2.45) is 0 Å². The lowest BCUT2D eigenvalue weighted by molar-refractivity contribution is 0.109. The van der Waals surface area contributed by atoms with Gasteiger partial charge in [0, 0.05) is 0 Å². The maximum atomic E-state index is 12.4. The van der Waals surface area contributed by atoms with Crippen molar-refractivity contribution in [2.45, 2.75) is 78.6 Å². The van der Waals surface area contributed by atoms with Crippen LogP contribution in [0.2, 0.25) is 0 Å². The van der Waals surface area contributed by atoms with Gasteiger partial charge in [-0.1, -0.05) is 59.3 Å². The molecule has 0 radical (unpaired) electrons. The maximum absolute atomic E-state index is 12.4. The summed E-state index contributed by atoms with van der Waals surface area (Å²) in [5, 5.41) is 0. The smallest absolute Gasteiger partial charge is 0.344 e. The zero-order valence-electron chi connectivity index (χ0n) is 14.3. The van der Waals surface area contributed by atoms with E-state index in [2.05, 4.69) is 20.8 Å². The second-order valence-corrected chi connectivity index (χ2v) is 6.74. The van der Waals surface area contributed by atoms with Gasteiger partial charge in [-0.05, 0) is 19.3 Å². The van der Waals surface area contributed by atoms with Crippen LogP contribution < -0.4 is 6.15 Å². The SMILES string of the molecule is CCCCCOP(=O)(OCCCCC)OCCCCC.N. The molecule has 0 unspecified atom stereocenters. The molecular weight excluding hydrogens is 289 g/mol. The molecule has 0 fully saturated rings. The molecule has 0 aliphatic carbocycles. The van der Waals surface area contributed by atoms with Gasteiger partial charge in [0.05, 0.1) is 19.8 Å². The summed E-state index contributed by atoms with van der Waals surface area (Å²) in [5.41, 5.74) is 0. The van der Waals surface area contributed by atoms with E-state index in [4.69, 9.17) is 13.6 Å². The summed E-state index contributed by atoms with van der Waals surface area (Å²) in [6, 6.07) is 0. The maximum Gasteiger partial charge on any atom is 0.474 e. The summed E-state index contributed by atoms with van der Waals surface area (Å²) in [4.78, 5) is 0. The van der Waals surface area contributed by atoms with Gasteiger partial charge in [0.2, 0.25) is 0 Å². The first-order valence-electron chi connectivity index (χ1n) is 8.22. The standard InChI is InChI=1S/C15H33O4P.H3N/c1-4-7-10-13-17-20(16,18-14-11-8-5-2)19-15-12-9-6-3;/h4-15H2,1-3H3;1H3. The Labute approximate surface area is 131 Å². The number of hydrogen-bond acceptors (Lipinski definition) is 5. The third-order valence-electron chi connectivity index (χ3n) is 2.99. The highest BCUT2D eigenvalue weighted by atomic mass is 31.2. The van der Waals surface area contributed by atoms with Gasteiger partial charge in [-0.3, -0.25) is 13.6 Å². The van der Waals surface area contributed by atoms with Crippen molar-refractivity contribution in [1.82, 2.24) is 6.15 Å². The molecule has 0 rings (SSSR count). The zero-order chi connectivity index (χ0) is 15.1. The molecule has 0 saturated carbocycles. The van der Waals surface area contributed by atoms with E-state index in [1.807, 2.05) is 0 Å². The van der Waals surface area contributed by atoms with Crippen molar-refractivity contribution < 1.29 is 18.1 Å². The molecule has 0 saturated heterocycles. The lowest BCUT2D eigenvalue weighted by Crippen LogP contribution is -2.04. The molecule has 0 aromatic rings. The largest absolute Gasteiger partial charge is 0.474 e. The second-order valence-electron chi connectivity index (χ2n) is 5.07. The molecule has 0 amide bonds. The topological polar surface area (TPSA) is 79.8 Å². The Balaban J connectivity index is 0. The fourth-order valence-corrected chi connectivity index (χ4v) is 2.98. The van der Waals surface area contributed by atoms with Crippen LogP contribution in [-0.2, 0) is 18.1 Å². The van der Waals surface area contributed by atoms with Gasteiger partial charge in [0.15, 0.2) is 0 Å².